The molecule has 2 aliphatic heterocycles. The van der Waals surface area contributed by atoms with E-state index in [1.165, 1.54) is 30.2 Å². The summed E-state index contributed by atoms with van der Waals surface area (Å²) in [7, 11) is -2.63. The molecule has 2 aliphatic rings. The fourth-order valence-electron chi connectivity index (χ4n) is 5.39. The first-order chi connectivity index (χ1) is 19.5. The number of carbonyl (C=O) groups excluding carboxylic acids is 3. The van der Waals surface area contributed by atoms with Crippen molar-refractivity contribution in [3.63, 3.8) is 0 Å². The summed E-state index contributed by atoms with van der Waals surface area (Å²) in [4.78, 5) is 40.7. The van der Waals surface area contributed by atoms with Crippen molar-refractivity contribution in [1.29, 1.82) is 0 Å². The summed E-state index contributed by atoms with van der Waals surface area (Å²) in [5.41, 5.74) is 0.478. The quantitative estimate of drug-likeness (QED) is 0.306. The van der Waals surface area contributed by atoms with Crippen LogP contribution in [0.5, 0.6) is 11.7 Å². The zero-order valence-electron chi connectivity index (χ0n) is 22.7. The maximum absolute atomic E-state index is 13.7. The Morgan fingerprint density at radius 2 is 2.02 bits per heavy atom. The molecule has 5 rings (SSSR count). The number of ether oxygens (including phenoxy) is 2. The van der Waals surface area contributed by atoms with E-state index < -0.39 is 52.5 Å². The highest BCUT2D eigenvalue weighted by Crippen LogP contribution is 2.34. The van der Waals surface area contributed by atoms with Crippen LogP contribution >= 0.6 is 0 Å². The van der Waals surface area contributed by atoms with Crippen molar-refractivity contribution in [2.75, 3.05) is 20.2 Å². The standard InChI is InChI=1S/C27H30N4O9S/c1-16(2)11-20(28-27(34)40-24-13-17-12-18(38-3)6-7-23(17)39-24)26(33)30-10-8-21-25(30)22(32)15-31(21)41(36,37)19-5-4-9-29(35)14-19/h4-7,9,12-14,16,20-21,25H,8,10-11,15H2,1-3H3,(H,28,34). The zero-order valence-corrected chi connectivity index (χ0v) is 23.5. The van der Waals surface area contributed by atoms with Crippen LogP contribution in [0, 0.1) is 11.1 Å². The number of benzene rings is 1. The third-order valence-electron chi connectivity index (χ3n) is 7.21. The summed E-state index contributed by atoms with van der Waals surface area (Å²) < 4.78 is 44.0. The first kappa shape index (κ1) is 28.4. The van der Waals surface area contributed by atoms with Gasteiger partial charge in [-0.05, 0) is 43.0 Å². The molecular weight excluding hydrogens is 556 g/mol. The van der Waals surface area contributed by atoms with E-state index in [0.717, 1.165) is 16.7 Å². The summed E-state index contributed by atoms with van der Waals surface area (Å²) in [5, 5.41) is 14.9. The van der Waals surface area contributed by atoms with E-state index in [0.29, 0.717) is 21.4 Å². The monoisotopic (exact) mass is 586 g/mol. The largest absolute Gasteiger partial charge is 0.619 e. The predicted octanol–water partition coefficient (Wildman–Crippen LogP) is 1.82. The topological polar surface area (TPSA) is 162 Å². The van der Waals surface area contributed by atoms with Crippen LogP contribution in [0.2, 0.25) is 0 Å². The minimum Gasteiger partial charge on any atom is -0.619 e. The highest BCUT2D eigenvalue weighted by molar-refractivity contribution is 7.89. The molecule has 1 aromatic carbocycles. The van der Waals surface area contributed by atoms with Crippen molar-refractivity contribution < 1.29 is 41.4 Å². The average molecular weight is 587 g/mol. The van der Waals surface area contributed by atoms with Crippen LogP contribution in [0.3, 0.4) is 0 Å². The number of fused-ring (bicyclic) bond motifs is 2. The number of nitrogens with one attached hydrogen (secondary N) is 1. The fraction of sp³-hybridized carbons (Fsp3) is 0.407. The van der Waals surface area contributed by atoms with Gasteiger partial charge >= 0.3 is 6.09 Å². The van der Waals surface area contributed by atoms with Crippen molar-refractivity contribution in [3.05, 3.63) is 54.0 Å². The van der Waals surface area contributed by atoms with Crippen molar-refractivity contribution >= 4 is 38.8 Å². The number of hydrogen-bond acceptors (Lipinski definition) is 9. The Morgan fingerprint density at radius 3 is 2.73 bits per heavy atom. The third-order valence-corrected chi connectivity index (χ3v) is 9.06. The molecule has 0 radical (unpaired) electrons. The molecule has 0 aliphatic carbocycles. The summed E-state index contributed by atoms with van der Waals surface area (Å²) >= 11 is 0. The second-order valence-electron chi connectivity index (χ2n) is 10.4. The van der Waals surface area contributed by atoms with Gasteiger partial charge in [0.05, 0.1) is 19.7 Å². The Balaban J connectivity index is 1.31. The van der Waals surface area contributed by atoms with Crippen molar-refractivity contribution in [2.45, 2.75) is 49.7 Å². The molecule has 4 heterocycles. The number of ketones is 1. The number of pyridine rings is 1. The number of likely N-dealkylation sites (tertiary alicyclic amines) is 1. The average Bonchev–Trinajstić information content (AvgIpc) is 3.62. The number of furan rings is 1. The van der Waals surface area contributed by atoms with E-state index in [4.69, 9.17) is 13.9 Å². The Hall–Kier alpha value is -4.17. The number of methoxy groups -OCH3 is 1. The highest BCUT2D eigenvalue weighted by atomic mass is 32.2. The molecular formula is C27H30N4O9S. The molecule has 14 heteroatoms. The number of hydrogen-bond donors (Lipinski definition) is 1. The number of amides is 2. The van der Waals surface area contributed by atoms with E-state index in [9.17, 15) is 28.0 Å². The van der Waals surface area contributed by atoms with Gasteiger partial charge in [-0.15, -0.1) is 0 Å². The highest BCUT2D eigenvalue weighted by Gasteiger charge is 2.54. The van der Waals surface area contributed by atoms with Gasteiger partial charge < -0.3 is 29.3 Å². The van der Waals surface area contributed by atoms with E-state index >= 15 is 0 Å². The van der Waals surface area contributed by atoms with Crippen LogP contribution in [-0.4, -0.2) is 73.7 Å². The molecule has 3 unspecified atom stereocenters. The molecule has 0 bridgehead atoms. The van der Waals surface area contributed by atoms with Crippen LogP contribution in [0.25, 0.3) is 11.0 Å². The molecule has 218 valence electrons. The minimum absolute atomic E-state index is 0.00524. The molecule has 3 aromatic rings. The van der Waals surface area contributed by atoms with Crippen molar-refractivity contribution in [3.8, 4) is 11.7 Å². The lowest BCUT2D eigenvalue weighted by Gasteiger charge is -2.28. The van der Waals surface area contributed by atoms with Gasteiger partial charge in [-0.3, -0.25) is 9.59 Å². The maximum Gasteiger partial charge on any atom is 0.415 e. The summed E-state index contributed by atoms with van der Waals surface area (Å²) in [6.07, 6.45) is 1.65. The van der Waals surface area contributed by atoms with Crippen LogP contribution in [0.1, 0.15) is 26.7 Å². The molecule has 1 N–H and O–H groups in total. The Labute approximate surface area is 236 Å². The number of rotatable bonds is 8. The van der Waals surface area contributed by atoms with E-state index in [2.05, 4.69) is 5.32 Å². The second-order valence-corrected chi connectivity index (χ2v) is 12.3. The predicted molar refractivity (Wildman–Crippen MR) is 143 cm³/mol. The normalized spacial score (nSPS) is 19.9. The van der Waals surface area contributed by atoms with Crippen LogP contribution in [0.4, 0.5) is 4.79 Å². The van der Waals surface area contributed by atoms with Gasteiger partial charge in [-0.2, -0.15) is 9.04 Å². The Morgan fingerprint density at radius 1 is 1.24 bits per heavy atom. The summed E-state index contributed by atoms with van der Waals surface area (Å²) in [6, 6.07) is 6.40. The number of sulfonamides is 1. The molecule has 0 saturated carbocycles. The van der Waals surface area contributed by atoms with Crippen LogP contribution in [0.15, 0.2) is 58.1 Å². The molecule has 2 aromatic heterocycles. The smallest absolute Gasteiger partial charge is 0.415 e. The van der Waals surface area contributed by atoms with E-state index in [1.54, 1.807) is 18.2 Å². The lowest BCUT2D eigenvalue weighted by molar-refractivity contribution is -0.607. The Bertz CT molecular complexity index is 1600. The minimum atomic E-state index is -4.16. The third kappa shape index (κ3) is 5.57. The van der Waals surface area contributed by atoms with Gasteiger partial charge in [0, 0.05) is 24.1 Å². The molecule has 3 atom stereocenters. The van der Waals surface area contributed by atoms with Gasteiger partial charge in [0.2, 0.25) is 15.9 Å². The lowest BCUT2D eigenvalue weighted by Crippen LogP contribution is -2.53. The van der Waals surface area contributed by atoms with Gasteiger partial charge in [0.25, 0.3) is 5.95 Å². The van der Waals surface area contributed by atoms with Gasteiger partial charge in [-0.25, -0.2) is 13.2 Å². The second kappa shape index (κ2) is 11.0. The zero-order chi connectivity index (χ0) is 29.5. The molecule has 2 fully saturated rings. The SMILES string of the molecule is COc1ccc2oc(OC(=O)NC(CC(C)C)C(=O)N3CCC4C3C(=O)CN4S(=O)(=O)c3ccc[n+]([O-])c3)cc2c1. The van der Waals surface area contributed by atoms with Crippen molar-refractivity contribution in [2.24, 2.45) is 5.92 Å². The molecule has 41 heavy (non-hydrogen) atoms. The number of nitrogens with zero attached hydrogens (tertiary/aromatic N) is 3. The maximum atomic E-state index is 13.7. The summed E-state index contributed by atoms with van der Waals surface area (Å²) in [5.74, 6) is -0.420. The molecule has 13 nitrogen and oxygen atoms in total. The van der Waals surface area contributed by atoms with Crippen molar-refractivity contribution in [1.82, 2.24) is 14.5 Å². The first-order valence-corrected chi connectivity index (χ1v) is 14.5. The van der Waals surface area contributed by atoms with Crippen LogP contribution < -0.4 is 19.5 Å². The van der Waals surface area contributed by atoms with E-state index in [1.807, 2.05) is 13.8 Å². The first-order valence-electron chi connectivity index (χ1n) is 13.1. The van der Waals surface area contributed by atoms with Gasteiger partial charge in [0.15, 0.2) is 18.2 Å². The van der Waals surface area contributed by atoms with Gasteiger partial charge in [0.1, 0.15) is 28.3 Å². The van der Waals surface area contributed by atoms with Crippen LogP contribution in [-0.2, 0) is 19.6 Å². The lowest BCUT2D eigenvalue weighted by atomic mass is 10.0. The van der Waals surface area contributed by atoms with E-state index in [-0.39, 0.29) is 36.1 Å². The molecule has 0 spiro atoms. The number of aromatic nitrogens is 1. The van der Waals surface area contributed by atoms with Gasteiger partial charge in [-0.1, -0.05) is 13.8 Å². The fourth-order valence-corrected chi connectivity index (χ4v) is 7.03. The Kier molecular flexibility index (Phi) is 7.62. The molecule has 2 amide bonds. The molecule has 2 saturated heterocycles. The summed E-state index contributed by atoms with van der Waals surface area (Å²) in [6.45, 7) is 3.46. The number of Topliss-reactive ketones (excluding diaryl/α,β-unsaturated/α-hetero) is 1. The number of carbonyl (C=O) groups is 3.